The van der Waals surface area contributed by atoms with E-state index in [1.807, 2.05) is 29.2 Å². The molecule has 0 spiro atoms. The summed E-state index contributed by atoms with van der Waals surface area (Å²) >= 11 is 3.39. The van der Waals surface area contributed by atoms with Gasteiger partial charge in [0, 0.05) is 23.1 Å². The molecule has 1 aromatic carbocycles. The molecule has 3 heteroatoms. The van der Waals surface area contributed by atoms with Crippen molar-refractivity contribution in [3.8, 4) is 0 Å². The maximum absolute atomic E-state index is 12.3. The molecule has 1 saturated heterocycles. The van der Waals surface area contributed by atoms with Crippen LogP contribution in [0.4, 0.5) is 0 Å². The summed E-state index contributed by atoms with van der Waals surface area (Å²) < 4.78 is 1.01. The van der Waals surface area contributed by atoms with Crippen LogP contribution in [0.1, 0.15) is 43.5 Å². The van der Waals surface area contributed by atoms with Crippen LogP contribution < -0.4 is 0 Å². The molecular weight excluding hydrogens is 290 g/mol. The fraction of sp³-hybridized carbons (Fsp3) is 0.533. The Hall–Kier alpha value is -0.830. The number of likely N-dealkylation sites (tertiary alicyclic amines) is 1. The van der Waals surface area contributed by atoms with Gasteiger partial charge in [-0.3, -0.25) is 4.79 Å². The summed E-state index contributed by atoms with van der Waals surface area (Å²) in [5.41, 5.74) is 1.22. The van der Waals surface area contributed by atoms with Gasteiger partial charge in [-0.15, -0.1) is 0 Å². The van der Waals surface area contributed by atoms with E-state index in [9.17, 15) is 4.79 Å². The highest BCUT2D eigenvalue weighted by Gasteiger charge is 2.30. The summed E-state index contributed by atoms with van der Waals surface area (Å²) in [6.07, 6.45) is 3.44. The van der Waals surface area contributed by atoms with Crippen molar-refractivity contribution in [2.24, 2.45) is 5.41 Å². The number of hydrogen-bond acceptors (Lipinski definition) is 1. The maximum atomic E-state index is 12.3. The number of amides is 1. The van der Waals surface area contributed by atoms with Gasteiger partial charge in [0.15, 0.2) is 0 Å². The fourth-order valence-electron chi connectivity index (χ4n) is 2.38. The molecule has 1 aliphatic rings. The minimum atomic E-state index is 0.167. The smallest absolute Gasteiger partial charge is 0.253 e. The number of nitrogens with zero attached hydrogens (tertiary/aromatic N) is 1. The van der Waals surface area contributed by atoms with E-state index in [-0.39, 0.29) is 5.91 Å². The lowest BCUT2D eigenvalue weighted by Crippen LogP contribution is -2.41. The number of hydrogen-bond donors (Lipinski definition) is 0. The van der Waals surface area contributed by atoms with Gasteiger partial charge in [0.1, 0.15) is 0 Å². The zero-order valence-electron chi connectivity index (χ0n) is 11.1. The molecule has 1 heterocycles. The maximum Gasteiger partial charge on any atom is 0.253 e. The Morgan fingerprint density at radius 2 is 1.83 bits per heavy atom. The van der Waals surface area contributed by atoms with Crippen molar-refractivity contribution in [1.82, 2.24) is 4.90 Å². The van der Waals surface area contributed by atoms with Crippen LogP contribution in [0.5, 0.6) is 0 Å². The largest absolute Gasteiger partial charge is 0.339 e. The molecule has 1 aromatic rings. The Kier molecular flexibility index (Phi) is 4.10. The molecule has 1 fully saturated rings. The second-order valence-corrected chi connectivity index (χ2v) is 6.38. The first-order chi connectivity index (χ1) is 8.54. The van der Waals surface area contributed by atoms with Gasteiger partial charge in [-0.1, -0.05) is 36.2 Å². The fourth-order valence-corrected chi connectivity index (χ4v) is 2.64. The second kappa shape index (κ2) is 5.43. The van der Waals surface area contributed by atoms with E-state index in [1.54, 1.807) is 0 Å². The Morgan fingerprint density at radius 1 is 1.28 bits per heavy atom. The molecule has 18 heavy (non-hydrogen) atoms. The second-order valence-electron chi connectivity index (χ2n) is 5.46. The van der Waals surface area contributed by atoms with E-state index in [0.29, 0.717) is 5.41 Å². The third kappa shape index (κ3) is 2.94. The van der Waals surface area contributed by atoms with Gasteiger partial charge in [-0.2, -0.15) is 0 Å². The lowest BCUT2D eigenvalue weighted by Gasteiger charge is -2.39. The minimum absolute atomic E-state index is 0.167. The number of piperidine rings is 1. The van der Waals surface area contributed by atoms with E-state index in [1.165, 1.54) is 6.42 Å². The molecule has 0 unspecified atom stereocenters. The Labute approximate surface area is 117 Å². The van der Waals surface area contributed by atoms with Crippen molar-refractivity contribution in [2.75, 3.05) is 13.1 Å². The zero-order valence-corrected chi connectivity index (χ0v) is 12.7. The molecule has 0 bridgehead atoms. The average Bonchev–Trinajstić information content (AvgIpc) is 2.40. The van der Waals surface area contributed by atoms with Crippen LogP contribution in [-0.4, -0.2) is 23.9 Å². The average molecular weight is 310 g/mol. The van der Waals surface area contributed by atoms with Crippen LogP contribution in [0.3, 0.4) is 0 Å². The highest BCUT2D eigenvalue weighted by molar-refractivity contribution is 9.10. The van der Waals surface area contributed by atoms with Gasteiger partial charge in [0.25, 0.3) is 5.91 Å². The molecule has 0 aromatic heterocycles. The standard InChI is InChI=1S/C15H20BrNO/c1-3-15(2)8-10-17(11-9-15)14(18)12-4-6-13(16)7-5-12/h4-7H,3,8-11H2,1-2H3. The number of halogens is 1. The van der Waals surface area contributed by atoms with Crippen molar-refractivity contribution in [1.29, 1.82) is 0 Å². The van der Waals surface area contributed by atoms with Crippen LogP contribution in [-0.2, 0) is 0 Å². The van der Waals surface area contributed by atoms with Gasteiger partial charge in [-0.25, -0.2) is 0 Å². The van der Waals surface area contributed by atoms with E-state index in [0.717, 1.165) is 36.0 Å². The molecule has 2 nitrogen and oxygen atoms in total. The monoisotopic (exact) mass is 309 g/mol. The van der Waals surface area contributed by atoms with Crippen LogP contribution in [0.25, 0.3) is 0 Å². The molecule has 98 valence electrons. The first-order valence-electron chi connectivity index (χ1n) is 6.59. The molecule has 1 amide bonds. The number of benzene rings is 1. The third-order valence-corrected chi connectivity index (χ3v) is 4.73. The van der Waals surface area contributed by atoms with Crippen LogP contribution in [0.2, 0.25) is 0 Å². The van der Waals surface area contributed by atoms with Crippen LogP contribution in [0.15, 0.2) is 28.7 Å². The Balaban J connectivity index is 2.01. The summed E-state index contributed by atoms with van der Waals surface area (Å²) in [4.78, 5) is 14.3. The van der Waals surface area contributed by atoms with Gasteiger partial charge in [0.2, 0.25) is 0 Å². The minimum Gasteiger partial charge on any atom is -0.339 e. The molecule has 0 aliphatic carbocycles. The van der Waals surface area contributed by atoms with E-state index in [4.69, 9.17) is 0 Å². The summed E-state index contributed by atoms with van der Waals surface area (Å²) in [5, 5.41) is 0. The van der Waals surface area contributed by atoms with Gasteiger partial charge in [-0.05, 0) is 42.5 Å². The van der Waals surface area contributed by atoms with Crippen LogP contribution >= 0.6 is 15.9 Å². The van der Waals surface area contributed by atoms with Crippen molar-refractivity contribution in [2.45, 2.75) is 33.1 Å². The summed E-state index contributed by atoms with van der Waals surface area (Å²) in [5.74, 6) is 0.167. The van der Waals surface area contributed by atoms with E-state index >= 15 is 0 Å². The van der Waals surface area contributed by atoms with Gasteiger partial charge >= 0.3 is 0 Å². The molecule has 2 rings (SSSR count). The van der Waals surface area contributed by atoms with Gasteiger partial charge < -0.3 is 4.90 Å². The van der Waals surface area contributed by atoms with Crippen molar-refractivity contribution < 1.29 is 4.79 Å². The van der Waals surface area contributed by atoms with E-state index < -0.39 is 0 Å². The number of rotatable bonds is 2. The molecule has 1 aliphatic heterocycles. The first kappa shape index (κ1) is 13.6. The third-order valence-electron chi connectivity index (χ3n) is 4.20. The number of carbonyl (C=O) groups excluding carboxylic acids is 1. The molecule has 0 N–H and O–H groups in total. The normalized spacial score (nSPS) is 18.7. The first-order valence-corrected chi connectivity index (χ1v) is 7.38. The number of carbonyl (C=O) groups is 1. The Morgan fingerprint density at radius 3 is 2.33 bits per heavy atom. The summed E-state index contributed by atoms with van der Waals surface area (Å²) in [7, 11) is 0. The molecule has 0 atom stereocenters. The molecular formula is C15H20BrNO. The van der Waals surface area contributed by atoms with Gasteiger partial charge in [0.05, 0.1) is 0 Å². The zero-order chi connectivity index (χ0) is 13.2. The predicted molar refractivity (Wildman–Crippen MR) is 77.7 cm³/mol. The van der Waals surface area contributed by atoms with Crippen molar-refractivity contribution in [3.05, 3.63) is 34.3 Å². The molecule has 0 saturated carbocycles. The lowest BCUT2D eigenvalue weighted by molar-refractivity contribution is 0.0600. The summed E-state index contributed by atoms with van der Waals surface area (Å²) in [6.45, 7) is 6.35. The highest BCUT2D eigenvalue weighted by Crippen LogP contribution is 2.34. The summed E-state index contributed by atoms with van der Waals surface area (Å²) in [6, 6.07) is 7.63. The quantitative estimate of drug-likeness (QED) is 0.805. The molecule has 0 radical (unpaired) electrons. The predicted octanol–water partition coefficient (Wildman–Crippen LogP) is 4.10. The Bertz CT molecular complexity index is 419. The van der Waals surface area contributed by atoms with Crippen molar-refractivity contribution in [3.63, 3.8) is 0 Å². The van der Waals surface area contributed by atoms with Crippen molar-refractivity contribution >= 4 is 21.8 Å². The van der Waals surface area contributed by atoms with Crippen LogP contribution in [0, 0.1) is 5.41 Å². The highest BCUT2D eigenvalue weighted by atomic mass is 79.9. The lowest BCUT2D eigenvalue weighted by atomic mass is 9.78. The topological polar surface area (TPSA) is 20.3 Å². The van der Waals surface area contributed by atoms with E-state index in [2.05, 4.69) is 29.8 Å². The SMILES string of the molecule is CCC1(C)CCN(C(=O)c2ccc(Br)cc2)CC1.